The van der Waals surface area contributed by atoms with E-state index in [1.807, 2.05) is 18.2 Å². The third-order valence-electron chi connectivity index (χ3n) is 2.05. The van der Waals surface area contributed by atoms with Crippen LogP contribution in [0.15, 0.2) is 48.5 Å². The van der Waals surface area contributed by atoms with Gasteiger partial charge in [-0.1, -0.05) is 18.2 Å². The van der Waals surface area contributed by atoms with E-state index in [1.54, 1.807) is 30.3 Å². The van der Waals surface area contributed by atoms with Crippen LogP contribution < -0.4 is 15.8 Å². The predicted octanol–water partition coefficient (Wildman–Crippen LogP) is 2.98. The van der Waals surface area contributed by atoms with Crippen LogP contribution in [-0.2, 0) is 4.57 Å². The largest absolute Gasteiger partial charge is 0.456 e. The van der Waals surface area contributed by atoms with Gasteiger partial charge in [0.15, 0.2) is 8.46 Å². The zero-order chi connectivity index (χ0) is 11.4. The summed E-state index contributed by atoms with van der Waals surface area (Å²) in [5.41, 5.74) is 6.27. The summed E-state index contributed by atoms with van der Waals surface area (Å²) in [5, 5.41) is 0.616. The molecule has 2 aromatic rings. The molecule has 0 saturated heterocycles. The number of anilines is 1. The van der Waals surface area contributed by atoms with Crippen molar-refractivity contribution < 1.29 is 9.30 Å². The normalized spacial score (nSPS) is 10.2. The zero-order valence-electron chi connectivity index (χ0n) is 8.46. The molecule has 0 aromatic heterocycles. The van der Waals surface area contributed by atoms with Gasteiger partial charge >= 0.3 is 0 Å². The van der Waals surface area contributed by atoms with Gasteiger partial charge in [0.1, 0.15) is 11.5 Å². The van der Waals surface area contributed by atoms with Crippen molar-refractivity contribution in [1.29, 1.82) is 0 Å². The Kier molecular flexibility index (Phi) is 3.18. The molecule has 0 spiro atoms. The van der Waals surface area contributed by atoms with Crippen molar-refractivity contribution in [2.75, 3.05) is 5.73 Å². The Morgan fingerprint density at radius 1 is 1.06 bits per heavy atom. The van der Waals surface area contributed by atoms with Gasteiger partial charge in [0.25, 0.3) is 0 Å². The average Bonchev–Trinajstić information content (AvgIpc) is 2.30. The molecular formula is C12H10NO2P. The molecule has 2 aromatic carbocycles. The quantitative estimate of drug-likeness (QED) is 0.652. The van der Waals surface area contributed by atoms with Crippen molar-refractivity contribution in [3.63, 3.8) is 0 Å². The number of hydrogen-bond donors (Lipinski definition) is 1. The third-order valence-corrected chi connectivity index (χ3v) is 2.62. The van der Waals surface area contributed by atoms with Gasteiger partial charge in [-0.3, -0.25) is 4.57 Å². The second kappa shape index (κ2) is 4.77. The summed E-state index contributed by atoms with van der Waals surface area (Å²) in [4.78, 5) is 0. The Balaban J connectivity index is 2.30. The fourth-order valence-electron chi connectivity index (χ4n) is 1.32. The predicted molar refractivity (Wildman–Crippen MR) is 64.6 cm³/mol. The summed E-state index contributed by atoms with van der Waals surface area (Å²) in [6, 6.07) is 14.3. The minimum absolute atomic E-state index is 0.0579. The molecule has 0 aliphatic heterocycles. The van der Waals surface area contributed by atoms with Gasteiger partial charge in [-0.25, -0.2) is 0 Å². The van der Waals surface area contributed by atoms with Crippen LogP contribution in [0.2, 0.25) is 0 Å². The van der Waals surface area contributed by atoms with Crippen LogP contribution in [0.5, 0.6) is 11.5 Å². The lowest BCUT2D eigenvalue weighted by atomic mass is 10.3. The van der Waals surface area contributed by atoms with E-state index >= 15 is 0 Å². The van der Waals surface area contributed by atoms with E-state index in [-0.39, 0.29) is 8.46 Å². The van der Waals surface area contributed by atoms with E-state index in [1.165, 1.54) is 0 Å². The molecule has 0 saturated carbocycles. The topological polar surface area (TPSA) is 52.3 Å². The summed E-state index contributed by atoms with van der Waals surface area (Å²) in [6.45, 7) is 0. The Hall–Kier alpha value is -1.86. The molecule has 0 fully saturated rings. The highest BCUT2D eigenvalue weighted by Gasteiger charge is 2.03. The Labute approximate surface area is 95.1 Å². The van der Waals surface area contributed by atoms with Crippen LogP contribution in [0, 0.1) is 0 Å². The number of nitrogens with two attached hydrogens (primary N) is 1. The SMILES string of the molecule is Nc1cccc(Oc2ccccc2P=O)c1. The third kappa shape index (κ3) is 2.38. The van der Waals surface area contributed by atoms with E-state index in [2.05, 4.69) is 0 Å². The molecular weight excluding hydrogens is 221 g/mol. The van der Waals surface area contributed by atoms with Crippen molar-refractivity contribution >= 4 is 19.5 Å². The van der Waals surface area contributed by atoms with Gasteiger partial charge in [-0.2, -0.15) is 0 Å². The Morgan fingerprint density at radius 2 is 1.88 bits per heavy atom. The van der Waals surface area contributed by atoms with Gasteiger partial charge < -0.3 is 10.5 Å². The molecule has 4 heteroatoms. The Morgan fingerprint density at radius 3 is 2.62 bits per heavy atom. The molecule has 0 radical (unpaired) electrons. The Bertz CT molecular complexity index is 514. The minimum Gasteiger partial charge on any atom is -0.456 e. The summed E-state index contributed by atoms with van der Waals surface area (Å²) in [7, 11) is -0.0579. The van der Waals surface area contributed by atoms with Crippen molar-refractivity contribution in [2.24, 2.45) is 0 Å². The van der Waals surface area contributed by atoms with Crippen molar-refractivity contribution in [1.82, 2.24) is 0 Å². The molecule has 80 valence electrons. The molecule has 2 N–H and O–H groups in total. The van der Waals surface area contributed by atoms with Gasteiger partial charge in [-0.15, -0.1) is 0 Å². The second-order valence-electron chi connectivity index (χ2n) is 3.23. The number of hydrogen-bond acceptors (Lipinski definition) is 3. The van der Waals surface area contributed by atoms with Crippen LogP contribution in [-0.4, -0.2) is 0 Å². The van der Waals surface area contributed by atoms with Gasteiger partial charge in [0, 0.05) is 11.8 Å². The van der Waals surface area contributed by atoms with Gasteiger partial charge in [0.05, 0.1) is 5.30 Å². The summed E-state index contributed by atoms with van der Waals surface area (Å²) in [6.07, 6.45) is 0. The van der Waals surface area contributed by atoms with Crippen molar-refractivity contribution in [2.45, 2.75) is 0 Å². The highest BCUT2D eigenvalue weighted by atomic mass is 31.1. The van der Waals surface area contributed by atoms with Crippen molar-refractivity contribution in [3.05, 3.63) is 48.5 Å². The van der Waals surface area contributed by atoms with Crippen LogP contribution in [0.4, 0.5) is 5.69 Å². The van der Waals surface area contributed by atoms with Crippen LogP contribution in [0.3, 0.4) is 0 Å². The molecule has 3 nitrogen and oxygen atoms in total. The maximum absolute atomic E-state index is 10.9. The zero-order valence-corrected chi connectivity index (χ0v) is 9.35. The van der Waals surface area contributed by atoms with Crippen molar-refractivity contribution in [3.8, 4) is 11.5 Å². The summed E-state index contributed by atoms with van der Waals surface area (Å²) < 4.78 is 16.5. The fraction of sp³-hybridized carbons (Fsp3) is 0. The lowest BCUT2D eigenvalue weighted by molar-refractivity contribution is 0.486. The summed E-state index contributed by atoms with van der Waals surface area (Å²) in [5.74, 6) is 1.21. The van der Waals surface area contributed by atoms with E-state index < -0.39 is 0 Å². The van der Waals surface area contributed by atoms with E-state index in [0.717, 1.165) is 0 Å². The second-order valence-corrected chi connectivity index (χ2v) is 3.90. The first kappa shape index (κ1) is 10.7. The molecule has 0 unspecified atom stereocenters. The standard InChI is InChI=1S/C12H10NO2P/c13-9-4-3-5-10(8-9)15-11-6-1-2-7-12(11)16-14/h1-8H,13H2. The summed E-state index contributed by atoms with van der Waals surface area (Å²) >= 11 is 0. The lowest BCUT2D eigenvalue weighted by Gasteiger charge is -2.07. The van der Waals surface area contributed by atoms with Gasteiger partial charge in [-0.05, 0) is 24.3 Å². The molecule has 0 amide bonds. The fourth-order valence-corrected chi connectivity index (χ4v) is 1.68. The molecule has 2 rings (SSSR count). The maximum Gasteiger partial charge on any atom is 0.196 e. The monoisotopic (exact) mass is 231 g/mol. The molecule has 0 aliphatic rings. The maximum atomic E-state index is 10.9. The molecule has 0 heterocycles. The number of rotatable bonds is 3. The number of nitrogen functional groups attached to an aromatic ring is 1. The van der Waals surface area contributed by atoms with Crippen LogP contribution in [0.25, 0.3) is 0 Å². The number of benzene rings is 2. The first-order chi connectivity index (χ1) is 7.79. The molecule has 0 atom stereocenters. The average molecular weight is 231 g/mol. The number of para-hydroxylation sites is 1. The first-order valence-corrected chi connectivity index (χ1v) is 5.56. The highest BCUT2D eigenvalue weighted by Crippen LogP contribution is 2.23. The van der Waals surface area contributed by atoms with E-state index in [9.17, 15) is 4.57 Å². The first-order valence-electron chi connectivity index (χ1n) is 4.75. The highest BCUT2D eigenvalue weighted by molar-refractivity contribution is 7.34. The van der Waals surface area contributed by atoms with E-state index in [0.29, 0.717) is 22.5 Å². The lowest BCUT2D eigenvalue weighted by Crippen LogP contribution is -1.98. The van der Waals surface area contributed by atoms with Crippen LogP contribution >= 0.6 is 8.46 Å². The molecule has 0 bridgehead atoms. The molecule has 0 aliphatic carbocycles. The van der Waals surface area contributed by atoms with Gasteiger partial charge in [0.2, 0.25) is 0 Å². The number of ether oxygens (including phenoxy) is 1. The minimum atomic E-state index is -0.0579. The molecule has 16 heavy (non-hydrogen) atoms. The van der Waals surface area contributed by atoms with E-state index in [4.69, 9.17) is 10.5 Å². The van der Waals surface area contributed by atoms with Crippen LogP contribution in [0.1, 0.15) is 0 Å². The smallest absolute Gasteiger partial charge is 0.196 e.